The Morgan fingerprint density at radius 2 is 2.23 bits per heavy atom. The third-order valence-electron chi connectivity index (χ3n) is 2.82. The highest BCUT2D eigenvalue weighted by molar-refractivity contribution is 5.76. The van der Waals surface area contributed by atoms with Crippen LogP contribution in [0.15, 0.2) is 0 Å². The first-order chi connectivity index (χ1) is 6.22. The number of nitrogens with two attached hydrogens (primary N) is 1. The SMILES string of the molecule is NCC1(CC(=O)NCCO)CCC1. The Hall–Kier alpha value is -0.610. The Morgan fingerprint density at radius 3 is 2.62 bits per heavy atom. The van der Waals surface area contributed by atoms with Gasteiger partial charge in [0.1, 0.15) is 0 Å². The maximum atomic E-state index is 11.3. The van der Waals surface area contributed by atoms with Crippen LogP contribution in [0.5, 0.6) is 0 Å². The predicted molar refractivity (Wildman–Crippen MR) is 50.1 cm³/mol. The molecule has 1 rings (SSSR count). The average Bonchev–Trinajstić information content (AvgIpc) is 2.08. The minimum atomic E-state index is 0.00135. The maximum absolute atomic E-state index is 11.3. The van der Waals surface area contributed by atoms with E-state index in [0.717, 1.165) is 12.8 Å². The molecule has 0 atom stereocenters. The van der Waals surface area contributed by atoms with E-state index < -0.39 is 0 Å². The van der Waals surface area contributed by atoms with Gasteiger partial charge in [0.25, 0.3) is 0 Å². The molecule has 0 spiro atoms. The number of aliphatic hydroxyl groups excluding tert-OH is 1. The second-order valence-electron chi connectivity index (χ2n) is 3.81. The van der Waals surface area contributed by atoms with Crippen LogP contribution in [0.25, 0.3) is 0 Å². The van der Waals surface area contributed by atoms with Crippen LogP contribution in [-0.2, 0) is 4.79 Å². The van der Waals surface area contributed by atoms with Crippen LogP contribution in [0.4, 0.5) is 0 Å². The van der Waals surface area contributed by atoms with E-state index in [9.17, 15) is 4.79 Å². The first-order valence-corrected chi connectivity index (χ1v) is 4.80. The molecule has 1 saturated carbocycles. The summed E-state index contributed by atoms with van der Waals surface area (Å²) in [6, 6.07) is 0. The van der Waals surface area contributed by atoms with E-state index in [0.29, 0.717) is 19.5 Å². The second kappa shape index (κ2) is 4.58. The standard InChI is InChI=1S/C9H18N2O2/c10-7-9(2-1-3-9)6-8(13)11-4-5-12/h12H,1-7,10H2,(H,11,13). The smallest absolute Gasteiger partial charge is 0.220 e. The molecule has 1 aliphatic carbocycles. The second-order valence-corrected chi connectivity index (χ2v) is 3.81. The molecule has 4 heteroatoms. The van der Waals surface area contributed by atoms with Gasteiger partial charge >= 0.3 is 0 Å². The molecular weight excluding hydrogens is 168 g/mol. The number of aliphatic hydroxyl groups is 1. The molecule has 0 aromatic rings. The summed E-state index contributed by atoms with van der Waals surface area (Å²) in [6.45, 7) is 0.945. The lowest BCUT2D eigenvalue weighted by Crippen LogP contribution is -2.42. The molecule has 0 aromatic heterocycles. The molecule has 4 N–H and O–H groups in total. The number of amides is 1. The molecule has 1 aliphatic rings. The summed E-state index contributed by atoms with van der Waals surface area (Å²) in [6.07, 6.45) is 3.83. The largest absolute Gasteiger partial charge is 0.395 e. The molecule has 76 valence electrons. The molecule has 0 aliphatic heterocycles. The minimum Gasteiger partial charge on any atom is -0.395 e. The van der Waals surface area contributed by atoms with Crippen LogP contribution in [0.3, 0.4) is 0 Å². The van der Waals surface area contributed by atoms with Crippen molar-refractivity contribution in [3.05, 3.63) is 0 Å². The van der Waals surface area contributed by atoms with Crippen LogP contribution in [0.1, 0.15) is 25.7 Å². The van der Waals surface area contributed by atoms with E-state index in [-0.39, 0.29) is 17.9 Å². The molecule has 0 unspecified atom stereocenters. The zero-order chi connectivity index (χ0) is 9.73. The van der Waals surface area contributed by atoms with E-state index in [2.05, 4.69) is 5.32 Å². The molecule has 13 heavy (non-hydrogen) atoms. The lowest BCUT2D eigenvalue weighted by molar-refractivity contribution is -0.124. The molecule has 0 radical (unpaired) electrons. The lowest BCUT2D eigenvalue weighted by atomic mass is 9.66. The summed E-state index contributed by atoms with van der Waals surface area (Å²) >= 11 is 0. The lowest BCUT2D eigenvalue weighted by Gasteiger charge is -2.40. The van der Waals surface area contributed by atoms with E-state index in [4.69, 9.17) is 10.8 Å². The fraction of sp³-hybridized carbons (Fsp3) is 0.889. The van der Waals surface area contributed by atoms with Crippen LogP contribution in [0, 0.1) is 5.41 Å². The summed E-state index contributed by atoms with van der Waals surface area (Å²) < 4.78 is 0. The summed E-state index contributed by atoms with van der Waals surface area (Å²) in [5.41, 5.74) is 5.69. The Balaban J connectivity index is 2.25. The first-order valence-electron chi connectivity index (χ1n) is 4.80. The van der Waals surface area contributed by atoms with Crippen LogP contribution in [-0.4, -0.2) is 30.7 Å². The normalized spacial score (nSPS) is 19.2. The Morgan fingerprint density at radius 1 is 1.54 bits per heavy atom. The number of hydrogen-bond donors (Lipinski definition) is 3. The fourth-order valence-corrected chi connectivity index (χ4v) is 1.73. The van der Waals surface area contributed by atoms with E-state index >= 15 is 0 Å². The molecule has 1 fully saturated rings. The predicted octanol–water partition coefficient (Wildman–Crippen LogP) is -0.386. The van der Waals surface area contributed by atoms with Crippen molar-refractivity contribution in [1.82, 2.24) is 5.32 Å². The van der Waals surface area contributed by atoms with E-state index in [1.165, 1.54) is 6.42 Å². The molecular formula is C9H18N2O2. The highest BCUT2D eigenvalue weighted by Crippen LogP contribution is 2.42. The van der Waals surface area contributed by atoms with Crippen molar-refractivity contribution in [1.29, 1.82) is 0 Å². The van der Waals surface area contributed by atoms with Gasteiger partial charge < -0.3 is 16.2 Å². The van der Waals surface area contributed by atoms with Gasteiger partial charge in [-0.05, 0) is 24.8 Å². The Kier molecular flexibility index (Phi) is 3.69. The van der Waals surface area contributed by atoms with Crippen LogP contribution in [0.2, 0.25) is 0 Å². The highest BCUT2D eigenvalue weighted by atomic mass is 16.3. The molecule has 4 nitrogen and oxygen atoms in total. The highest BCUT2D eigenvalue weighted by Gasteiger charge is 2.37. The third kappa shape index (κ3) is 2.67. The fourth-order valence-electron chi connectivity index (χ4n) is 1.73. The van der Waals surface area contributed by atoms with Gasteiger partial charge in [-0.25, -0.2) is 0 Å². The molecule has 0 heterocycles. The van der Waals surface area contributed by atoms with Crippen molar-refractivity contribution >= 4 is 5.91 Å². The summed E-state index contributed by atoms with van der Waals surface area (Å²) in [5.74, 6) is 0.0131. The van der Waals surface area contributed by atoms with Gasteiger partial charge in [0.2, 0.25) is 5.91 Å². The van der Waals surface area contributed by atoms with Gasteiger partial charge in [0.15, 0.2) is 0 Å². The summed E-state index contributed by atoms with van der Waals surface area (Å²) in [4.78, 5) is 11.3. The third-order valence-corrected chi connectivity index (χ3v) is 2.82. The zero-order valence-electron chi connectivity index (χ0n) is 7.88. The molecule has 0 saturated heterocycles. The number of carbonyl (C=O) groups is 1. The minimum absolute atomic E-state index is 0.00135. The van der Waals surface area contributed by atoms with Crippen molar-refractivity contribution < 1.29 is 9.90 Å². The summed E-state index contributed by atoms with van der Waals surface area (Å²) in [7, 11) is 0. The van der Waals surface area contributed by atoms with E-state index in [1.54, 1.807) is 0 Å². The first kappa shape index (κ1) is 10.5. The zero-order valence-corrected chi connectivity index (χ0v) is 7.88. The molecule has 0 bridgehead atoms. The number of carbonyl (C=O) groups excluding carboxylic acids is 1. The van der Waals surface area contributed by atoms with Gasteiger partial charge in [-0.2, -0.15) is 0 Å². The molecule has 0 aromatic carbocycles. The number of hydrogen-bond acceptors (Lipinski definition) is 3. The van der Waals surface area contributed by atoms with Crippen LogP contribution < -0.4 is 11.1 Å². The average molecular weight is 186 g/mol. The van der Waals surface area contributed by atoms with Crippen molar-refractivity contribution in [2.45, 2.75) is 25.7 Å². The van der Waals surface area contributed by atoms with Crippen molar-refractivity contribution in [2.24, 2.45) is 11.1 Å². The van der Waals surface area contributed by atoms with E-state index in [1.807, 2.05) is 0 Å². The van der Waals surface area contributed by atoms with Crippen molar-refractivity contribution in [2.75, 3.05) is 19.7 Å². The Labute approximate surface area is 78.5 Å². The topological polar surface area (TPSA) is 75.4 Å². The van der Waals surface area contributed by atoms with Crippen molar-refractivity contribution in [3.8, 4) is 0 Å². The quantitative estimate of drug-likeness (QED) is 0.547. The maximum Gasteiger partial charge on any atom is 0.220 e. The van der Waals surface area contributed by atoms with Gasteiger partial charge in [0.05, 0.1) is 6.61 Å². The van der Waals surface area contributed by atoms with Gasteiger partial charge in [-0.15, -0.1) is 0 Å². The summed E-state index contributed by atoms with van der Waals surface area (Å²) in [5, 5.41) is 11.1. The Bertz CT molecular complexity index is 173. The number of nitrogens with one attached hydrogen (secondary N) is 1. The van der Waals surface area contributed by atoms with Gasteiger partial charge in [-0.1, -0.05) is 6.42 Å². The monoisotopic (exact) mass is 186 g/mol. The van der Waals surface area contributed by atoms with Gasteiger partial charge in [-0.3, -0.25) is 4.79 Å². The van der Waals surface area contributed by atoms with Gasteiger partial charge in [0, 0.05) is 13.0 Å². The number of rotatable bonds is 5. The molecule has 1 amide bonds. The van der Waals surface area contributed by atoms with Crippen LogP contribution >= 0.6 is 0 Å². The van der Waals surface area contributed by atoms with Crippen molar-refractivity contribution in [3.63, 3.8) is 0 Å².